The highest BCUT2D eigenvalue weighted by Crippen LogP contribution is 2.47. The van der Waals surface area contributed by atoms with Crippen LogP contribution >= 0.6 is 0 Å². The number of hydrogen-bond donors (Lipinski definition) is 0. The molecule has 9 aromatic carbocycles. The molecule has 0 bridgehead atoms. The smallest absolute Gasteiger partial charge is 0.0500 e. The van der Waals surface area contributed by atoms with Crippen LogP contribution in [-0.2, 0) is 12.8 Å². The first-order chi connectivity index (χ1) is 25.3. The van der Waals surface area contributed by atoms with E-state index in [2.05, 4.69) is 193 Å². The molecule has 1 heterocycles. The van der Waals surface area contributed by atoms with Crippen LogP contribution in [-0.4, -0.2) is 0 Å². The molecular formula is C50H35N. The first kappa shape index (κ1) is 29.5. The summed E-state index contributed by atoms with van der Waals surface area (Å²) in [6.07, 6.45) is 1.96. The third-order valence-corrected chi connectivity index (χ3v) is 10.7. The average molecular weight is 650 g/mol. The Balaban J connectivity index is 1.20. The zero-order chi connectivity index (χ0) is 33.7. The maximum absolute atomic E-state index is 2.51. The maximum atomic E-state index is 2.51. The van der Waals surface area contributed by atoms with Crippen molar-refractivity contribution in [3.63, 3.8) is 0 Å². The molecule has 0 unspecified atom stereocenters. The summed E-state index contributed by atoms with van der Waals surface area (Å²) in [6.45, 7) is 0. The van der Waals surface area contributed by atoms with E-state index < -0.39 is 0 Å². The molecule has 1 aliphatic rings. The summed E-state index contributed by atoms with van der Waals surface area (Å²) >= 11 is 0. The highest BCUT2D eigenvalue weighted by molar-refractivity contribution is 6.14. The van der Waals surface area contributed by atoms with Crippen LogP contribution in [0, 0.1) is 0 Å². The maximum Gasteiger partial charge on any atom is 0.0500 e. The first-order valence-corrected chi connectivity index (χ1v) is 17.9. The molecule has 0 aliphatic carbocycles. The summed E-state index contributed by atoms with van der Waals surface area (Å²) in [5, 5.41) is 7.63. The molecule has 1 heteroatoms. The average Bonchev–Trinajstić information content (AvgIpc) is 3.37. The topological polar surface area (TPSA) is 3.24 Å². The summed E-state index contributed by atoms with van der Waals surface area (Å²) in [4.78, 5) is 2.51. The van der Waals surface area contributed by atoms with Gasteiger partial charge in [-0.3, -0.25) is 0 Å². The van der Waals surface area contributed by atoms with E-state index in [9.17, 15) is 0 Å². The van der Waals surface area contributed by atoms with E-state index >= 15 is 0 Å². The van der Waals surface area contributed by atoms with Crippen molar-refractivity contribution in [2.45, 2.75) is 12.8 Å². The predicted molar refractivity (Wildman–Crippen MR) is 217 cm³/mol. The van der Waals surface area contributed by atoms with Gasteiger partial charge in [-0.25, -0.2) is 0 Å². The lowest BCUT2D eigenvalue weighted by Gasteiger charge is -2.28. The fourth-order valence-electron chi connectivity index (χ4n) is 8.19. The fourth-order valence-corrected chi connectivity index (χ4v) is 8.19. The summed E-state index contributed by atoms with van der Waals surface area (Å²) in [7, 11) is 0. The number of aryl methyl sites for hydroxylation is 2. The molecule has 0 spiro atoms. The first-order valence-electron chi connectivity index (χ1n) is 17.9. The van der Waals surface area contributed by atoms with Crippen molar-refractivity contribution in [2.75, 3.05) is 4.90 Å². The van der Waals surface area contributed by atoms with Crippen molar-refractivity contribution in [3.05, 3.63) is 199 Å². The van der Waals surface area contributed by atoms with Crippen LogP contribution in [0.3, 0.4) is 0 Å². The van der Waals surface area contributed by atoms with Gasteiger partial charge in [0.1, 0.15) is 0 Å². The Kier molecular flexibility index (Phi) is 7.03. The second kappa shape index (κ2) is 12.2. The lowest BCUT2D eigenvalue weighted by molar-refractivity contribution is 0.978. The van der Waals surface area contributed by atoms with E-state index in [1.165, 1.54) is 93.9 Å². The SMILES string of the molecule is c1ccc(-c2cc3ccccc3cc2-c2ccc3c(c2)N(c2ccccc2)c2cc(-c4cc5ccccc5c5ccccc45)ccc2CC3)cc1. The van der Waals surface area contributed by atoms with E-state index in [0.717, 1.165) is 12.8 Å². The largest absolute Gasteiger partial charge is 0.310 e. The number of anilines is 3. The van der Waals surface area contributed by atoms with Gasteiger partial charge < -0.3 is 4.90 Å². The van der Waals surface area contributed by atoms with Gasteiger partial charge in [0.15, 0.2) is 0 Å². The van der Waals surface area contributed by atoms with Crippen molar-refractivity contribution in [1.82, 2.24) is 0 Å². The summed E-state index contributed by atoms with van der Waals surface area (Å²) in [5.41, 5.74) is 13.8. The monoisotopic (exact) mass is 649 g/mol. The van der Waals surface area contributed by atoms with Crippen molar-refractivity contribution in [1.29, 1.82) is 0 Å². The van der Waals surface area contributed by atoms with Crippen molar-refractivity contribution >= 4 is 49.4 Å². The van der Waals surface area contributed by atoms with Crippen molar-refractivity contribution in [3.8, 4) is 33.4 Å². The Bertz CT molecular complexity index is 2740. The Labute approximate surface area is 298 Å². The Morgan fingerprint density at radius 3 is 1.43 bits per heavy atom. The molecule has 240 valence electrons. The zero-order valence-electron chi connectivity index (χ0n) is 28.3. The number of benzene rings is 9. The standard InChI is InChI=1S/C50H35N/c1-3-13-34(14-4-1)46-29-37-15-7-8-16-38(37)30-48(46)41-28-26-36-24-23-35-25-27-40(32-49(35)51(50(36)33-41)42-18-5-2-6-19-42)47-31-39-17-9-10-20-43(39)44-21-11-12-22-45(44)47/h1-22,25-33H,23-24H2. The molecule has 0 saturated heterocycles. The summed E-state index contributed by atoms with van der Waals surface area (Å²) < 4.78 is 0. The van der Waals surface area contributed by atoms with E-state index in [0.29, 0.717) is 0 Å². The third kappa shape index (κ3) is 5.09. The fraction of sp³-hybridized carbons (Fsp3) is 0.0400. The minimum Gasteiger partial charge on any atom is -0.310 e. The second-order valence-corrected chi connectivity index (χ2v) is 13.7. The molecule has 0 saturated carbocycles. The van der Waals surface area contributed by atoms with E-state index in [4.69, 9.17) is 0 Å². The molecule has 51 heavy (non-hydrogen) atoms. The van der Waals surface area contributed by atoms with Gasteiger partial charge in [0.05, 0.1) is 0 Å². The number of nitrogens with zero attached hydrogens (tertiary/aromatic N) is 1. The van der Waals surface area contributed by atoms with Crippen LogP contribution < -0.4 is 4.90 Å². The highest BCUT2D eigenvalue weighted by atomic mass is 15.1. The molecular weight excluding hydrogens is 615 g/mol. The van der Waals surface area contributed by atoms with Crippen LogP contribution in [0.4, 0.5) is 17.1 Å². The van der Waals surface area contributed by atoms with E-state index in [-0.39, 0.29) is 0 Å². The second-order valence-electron chi connectivity index (χ2n) is 13.7. The molecule has 0 N–H and O–H groups in total. The van der Waals surface area contributed by atoms with Crippen molar-refractivity contribution < 1.29 is 0 Å². The van der Waals surface area contributed by atoms with Gasteiger partial charge in [-0.1, -0.05) is 146 Å². The third-order valence-electron chi connectivity index (χ3n) is 10.7. The normalized spacial score (nSPS) is 12.5. The summed E-state index contributed by atoms with van der Waals surface area (Å²) in [5.74, 6) is 0. The molecule has 10 rings (SSSR count). The Morgan fingerprint density at radius 1 is 0.314 bits per heavy atom. The van der Waals surface area contributed by atoms with Gasteiger partial charge in [-0.15, -0.1) is 0 Å². The summed E-state index contributed by atoms with van der Waals surface area (Å²) in [6, 6.07) is 69.4. The number of para-hydroxylation sites is 1. The van der Waals surface area contributed by atoms with Gasteiger partial charge in [-0.2, -0.15) is 0 Å². The van der Waals surface area contributed by atoms with Crippen LogP contribution in [0.5, 0.6) is 0 Å². The van der Waals surface area contributed by atoms with Gasteiger partial charge in [0.25, 0.3) is 0 Å². The predicted octanol–water partition coefficient (Wildman–Crippen LogP) is 13.7. The van der Waals surface area contributed by atoms with Crippen LogP contribution in [0.25, 0.3) is 65.7 Å². The Hall–Kier alpha value is -6.44. The van der Waals surface area contributed by atoms with Crippen LogP contribution in [0.1, 0.15) is 11.1 Å². The van der Waals surface area contributed by atoms with Gasteiger partial charge in [0, 0.05) is 17.1 Å². The van der Waals surface area contributed by atoms with E-state index in [1.807, 2.05) is 0 Å². The van der Waals surface area contributed by atoms with E-state index in [1.54, 1.807) is 0 Å². The minimum absolute atomic E-state index is 0.980. The molecule has 0 fully saturated rings. The zero-order valence-corrected chi connectivity index (χ0v) is 28.3. The van der Waals surface area contributed by atoms with Crippen molar-refractivity contribution in [2.24, 2.45) is 0 Å². The number of fused-ring (bicyclic) bond motifs is 6. The minimum atomic E-state index is 0.980. The van der Waals surface area contributed by atoms with Gasteiger partial charge in [0.2, 0.25) is 0 Å². The van der Waals surface area contributed by atoms with Crippen LogP contribution in [0.2, 0.25) is 0 Å². The molecule has 9 aromatic rings. The van der Waals surface area contributed by atoms with Gasteiger partial charge in [-0.05, 0) is 132 Å². The lowest BCUT2D eigenvalue weighted by atomic mass is 9.90. The molecule has 0 atom stereocenters. The Morgan fingerprint density at radius 2 is 0.784 bits per heavy atom. The van der Waals surface area contributed by atoms with Gasteiger partial charge >= 0.3 is 0 Å². The molecule has 0 amide bonds. The highest BCUT2D eigenvalue weighted by Gasteiger charge is 2.24. The number of rotatable bonds is 4. The molecule has 0 aromatic heterocycles. The molecule has 0 radical (unpaired) electrons. The molecule has 1 aliphatic heterocycles. The lowest BCUT2D eigenvalue weighted by Crippen LogP contribution is -2.12. The quantitative estimate of drug-likeness (QED) is 0.172. The number of hydrogen-bond acceptors (Lipinski definition) is 1. The van der Waals surface area contributed by atoms with Crippen LogP contribution in [0.15, 0.2) is 188 Å². The molecule has 1 nitrogen and oxygen atoms in total.